The van der Waals surface area contributed by atoms with Crippen molar-refractivity contribution >= 4 is 0 Å². The second-order valence-electron chi connectivity index (χ2n) is 7.30. The van der Waals surface area contributed by atoms with Crippen molar-refractivity contribution in [3.8, 4) is 0 Å². The van der Waals surface area contributed by atoms with Gasteiger partial charge in [-0.3, -0.25) is 0 Å². The Morgan fingerprint density at radius 2 is 1.95 bits per heavy atom. The minimum atomic E-state index is 0.0503. The fraction of sp³-hybridized carbons (Fsp3) is 0.789. The summed E-state index contributed by atoms with van der Waals surface area (Å²) in [5.74, 6) is 0.688. The molecular weight excluding hydrogens is 270 g/mol. The zero-order chi connectivity index (χ0) is 17.2. The average molecular weight is 310 g/mol. The predicted octanol–water partition coefficient (Wildman–Crippen LogP) is 3.79. The second-order valence-corrected chi connectivity index (χ2v) is 7.30. The molecule has 0 heterocycles. The quantitative estimate of drug-likeness (QED) is 0.537. The zero-order valence-electron chi connectivity index (χ0n) is 16.0. The largest absolute Gasteiger partial charge is 0.385 e. The first-order chi connectivity index (χ1) is 10.2. The maximum Gasteiger partial charge on any atom is 0.0438 e. The summed E-state index contributed by atoms with van der Waals surface area (Å²) in [6.45, 7) is 17.5. The summed E-state index contributed by atoms with van der Waals surface area (Å²) in [4.78, 5) is 2.46. The molecule has 0 saturated heterocycles. The Morgan fingerprint density at radius 1 is 1.32 bits per heavy atom. The third kappa shape index (κ3) is 9.26. The smallest absolute Gasteiger partial charge is 0.0438 e. The Morgan fingerprint density at radius 3 is 2.50 bits per heavy atom. The first-order valence-electron chi connectivity index (χ1n) is 8.70. The van der Waals surface area contributed by atoms with Crippen LogP contribution in [-0.2, 0) is 0 Å². The van der Waals surface area contributed by atoms with Crippen molar-refractivity contribution in [2.24, 2.45) is 5.92 Å². The topological polar surface area (TPSA) is 27.3 Å². The second kappa shape index (κ2) is 10.8. The van der Waals surface area contributed by atoms with Gasteiger partial charge >= 0.3 is 0 Å². The van der Waals surface area contributed by atoms with Crippen LogP contribution < -0.4 is 10.6 Å². The van der Waals surface area contributed by atoms with E-state index in [0.29, 0.717) is 12.0 Å². The van der Waals surface area contributed by atoms with E-state index in [9.17, 15) is 0 Å². The van der Waals surface area contributed by atoms with Gasteiger partial charge in [-0.2, -0.15) is 0 Å². The summed E-state index contributed by atoms with van der Waals surface area (Å²) in [6, 6.07) is 0.577. The van der Waals surface area contributed by atoms with Gasteiger partial charge < -0.3 is 15.5 Å². The maximum absolute atomic E-state index is 4.06. The number of rotatable bonds is 12. The van der Waals surface area contributed by atoms with Gasteiger partial charge in [0.25, 0.3) is 0 Å². The summed E-state index contributed by atoms with van der Waals surface area (Å²) in [5.41, 5.74) is 1.24. The van der Waals surface area contributed by atoms with Crippen molar-refractivity contribution in [2.75, 3.05) is 27.2 Å². The molecule has 0 fully saturated rings. The minimum absolute atomic E-state index is 0.0503. The number of nitrogens with zero attached hydrogens (tertiary/aromatic N) is 1. The fourth-order valence-electron chi connectivity index (χ4n) is 2.65. The molecule has 130 valence electrons. The highest BCUT2D eigenvalue weighted by Crippen LogP contribution is 2.16. The maximum atomic E-state index is 4.06. The third-order valence-corrected chi connectivity index (χ3v) is 4.38. The van der Waals surface area contributed by atoms with E-state index in [-0.39, 0.29) is 5.54 Å². The highest BCUT2D eigenvalue weighted by molar-refractivity contribution is 5.14. The molecule has 0 rings (SSSR count). The van der Waals surface area contributed by atoms with Crippen LogP contribution >= 0.6 is 0 Å². The summed E-state index contributed by atoms with van der Waals surface area (Å²) in [7, 11) is 4.25. The Balaban J connectivity index is 4.34. The first kappa shape index (κ1) is 21.2. The van der Waals surface area contributed by atoms with Crippen LogP contribution in [0.2, 0.25) is 0 Å². The van der Waals surface area contributed by atoms with Crippen LogP contribution in [0.5, 0.6) is 0 Å². The number of hydrogen-bond acceptors (Lipinski definition) is 3. The Kier molecular flexibility index (Phi) is 10.5. The van der Waals surface area contributed by atoms with Gasteiger partial charge in [-0.25, -0.2) is 0 Å². The van der Waals surface area contributed by atoms with E-state index >= 15 is 0 Å². The summed E-state index contributed by atoms with van der Waals surface area (Å²) in [5, 5.41) is 6.76. The molecule has 0 aromatic carbocycles. The lowest BCUT2D eigenvalue weighted by Crippen LogP contribution is -2.49. The van der Waals surface area contributed by atoms with Crippen molar-refractivity contribution in [1.82, 2.24) is 15.5 Å². The molecule has 0 spiro atoms. The molecule has 2 unspecified atom stereocenters. The van der Waals surface area contributed by atoms with Gasteiger partial charge in [0.2, 0.25) is 0 Å². The van der Waals surface area contributed by atoms with E-state index < -0.39 is 0 Å². The molecule has 0 radical (unpaired) electrons. The number of likely N-dealkylation sites (N-methyl/N-ethyl adjacent to an activating group) is 1. The molecule has 2 atom stereocenters. The summed E-state index contributed by atoms with van der Waals surface area (Å²) < 4.78 is 0. The van der Waals surface area contributed by atoms with Crippen LogP contribution in [-0.4, -0.2) is 43.7 Å². The highest BCUT2D eigenvalue weighted by Gasteiger charge is 2.23. The highest BCUT2D eigenvalue weighted by atomic mass is 15.2. The van der Waals surface area contributed by atoms with Crippen molar-refractivity contribution in [3.05, 3.63) is 24.4 Å². The normalized spacial score (nSPS) is 15.3. The lowest BCUT2D eigenvalue weighted by atomic mass is 9.96. The molecule has 0 aliphatic carbocycles. The van der Waals surface area contributed by atoms with Gasteiger partial charge in [-0.05, 0) is 72.4 Å². The Labute approximate surface area is 139 Å². The molecule has 3 nitrogen and oxygen atoms in total. The molecule has 3 heteroatoms. The van der Waals surface area contributed by atoms with E-state index in [1.165, 1.54) is 12.0 Å². The molecule has 0 aliphatic rings. The van der Waals surface area contributed by atoms with E-state index in [0.717, 1.165) is 25.9 Å². The third-order valence-electron chi connectivity index (χ3n) is 4.38. The molecular formula is C19H39N3. The predicted molar refractivity (Wildman–Crippen MR) is 100 cm³/mol. The average Bonchev–Trinajstić information content (AvgIpc) is 2.43. The SMILES string of the molecule is C=C(/C=C/NC(C)(C)CN(C)C(C)C(C)CCNC)CCC. The minimum Gasteiger partial charge on any atom is -0.385 e. The van der Waals surface area contributed by atoms with Crippen molar-refractivity contribution < 1.29 is 0 Å². The van der Waals surface area contributed by atoms with Crippen LogP contribution in [0, 0.1) is 5.92 Å². The van der Waals surface area contributed by atoms with Crippen LogP contribution in [0.1, 0.15) is 53.9 Å². The zero-order valence-corrected chi connectivity index (χ0v) is 16.0. The van der Waals surface area contributed by atoms with Crippen LogP contribution in [0.25, 0.3) is 0 Å². The van der Waals surface area contributed by atoms with E-state index in [1.807, 2.05) is 7.05 Å². The molecule has 0 bridgehead atoms. The molecule has 0 aliphatic heterocycles. The lowest BCUT2D eigenvalue weighted by Gasteiger charge is -2.36. The first-order valence-corrected chi connectivity index (χ1v) is 8.70. The number of nitrogens with one attached hydrogen (secondary N) is 2. The fourth-order valence-corrected chi connectivity index (χ4v) is 2.65. The molecule has 2 N–H and O–H groups in total. The molecule has 0 aromatic rings. The van der Waals surface area contributed by atoms with E-state index in [4.69, 9.17) is 0 Å². The van der Waals surface area contributed by atoms with Gasteiger partial charge in [0.15, 0.2) is 0 Å². The van der Waals surface area contributed by atoms with Gasteiger partial charge in [0.1, 0.15) is 0 Å². The van der Waals surface area contributed by atoms with Gasteiger partial charge in [0, 0.05) is 18.1 Å². The monoisotopic (exact) mass is 309 g/mol. The van der Waals surface area contributed by atoms with Gasteiger partial charge in [-0.1, -0.05) is 32.4 Å². The van der Waals surface area contributed by atoms with Gasteiger partial charge in [0.05, 0.1) is 0 Å². The van der Waals surface area contributed by atoms with E-state index in [2.05, 4.69) is 76.1 Å². The molecule has 0 aromatic heterocycles. The molecule has 0 saturated carbocycles. The van der Waals surface area contributed by atoms with Crippen molar-refractivity contribution in [1.29, 1.82) is 0 Å². The van der Waals surface area contributed by atoms with Crippen LogP contribution in [0.15, 0.2) is 24.4 Å². The number of hydrogen-bond donors (Lipinski definition) is 2. The molecule has 0 amide bonds. The Bertz CT molecular complexity index is 334. The summed E-state index contributed by atoms with van der Waals surface area (Å²) in [6.07, 6.45) is 7.59. The number of allylic oxidation sites excluding steroid dienone is 2. The van der Waals surface area contributed by atoms with Gasteiger partial charge in [-0.15, -0.1) is 0 Å². The molecule has 22 heavy (non-hydrogen) atoms. The summed E-state index contributed by atoms with van der Waals surface area (Å²) >= 11 is 0. The van der Waals surface area contributed by atoms with Crippen LogP contribution in [0.3, 0.4) is 0 Å². The standard InChI is InChI=1S/C19H39N3/c1-9-10-16(2)11-14-21-19(5,6)15-22(8)18(4)17(3)12-13-20-7/h11,14,17-18,20-21H,2,9-10,12-13,15H2,1,3-8H3/b14-11+. The van der Waals surface area contributed by atoms with Crippen molar-refractivity contribution in [2.45, 2.75) is 65.5 Å². The Hall–Kier alpha value is -0.800. The lowest BCUT2D eigenvalue weighted by molar-refractivity contribution is 0.155. The van der Waals surface area contributed by atoms with Crippen molar-refractivity contribution in [3.63, 3.8) is 0 Å². The van der Waals surface area contributed by atoms with Crippen LogP contribution in [0.4, 0.5) is 0 Å². The van der Waals surface area contributed by atoms with E-state index in [1.54, 1.807) is 0 Å².